The van der Waals surface area contributed by atoms with Gasteiger partial charge in [-0.15, -0.1) is 0 Å². The zero-order valence-corrected chi connectivity index (χ0v) is 12.3. The molecule has 0 unspecified atom stereocenters. The molecule has 2 amide bonds. The summed E-state index contributed by atoms with van der Waals surface area (Å²) in [4.78, 5) is 31.0. The minimum Gasteiger partial charge on any atom is -0.358 e. The van der Waals surface area contributed by atoms with Crippen molar-refractivity contribution in [2.45, 2.75) is 13.8 Å². The number of amides is 2. The molecule has 110 valence electrons. The summed E-state index contributed by atoms with van der Waals surface area (Å²) in [5, 5.41) is 0.967. The number of aromatic amines is 1. The number of fused-ring (bicyclic) bond motifs is 1. The normalized spacial score (nSPS) is 15.5. The standard InChI is InChI=1S/C16H19N3O2/c1-11-15(13-5-3-4-6-14(13)17-11)16(21)19-9-7-18(8-10-19)12(2)20/h3-6,17H,7-10H2,1-2H3. The van der Waals surface area contributed by atoms with Gasteiger partial charge in [-0.1, -0.05) is 18.2 Å². The summed E-state index contributed by atoms with van der Waals surface area (Å²) in [5.41, 5.74) is 2.64. The molecule has 1 fully saturated rings. The summed E-state index contributed by atoms with van der Waals surface area (Å²) in [6.07, 6.45) is 0. The molecule has 1 aliphatic heterocycles. The summed E-state index contributed by atoms with van der Waals surface area (Å²) >= 11 is 0. The van der Waals surface area contributed by atoms with Crippen molar-refractivity contribution in [3.63, 3.8) is 0 Å². The number of rotatable bonds is 1. The van der Waals surface area contributed by atoms with E-state index in [1.54, 1.807) is 11.8 Å². The fourth-order valence-electron chi connectivity index (χ4n) is 2.93. The first-order chi connectivity index (χ1) is 10.1. The van der Waals surface area contributed by atoms with Gasteiger partial charge in [-0.3, -0.25) is 9.59 Å². The third-order valence-corrected chi connectivity index (χ3v) is 4.12. The highest BCUT2D eigenvalue weighted by molar-refractivity contribution is 6.08. The minimum absolute atomic E-state index is 0.0492. The van der Waals surface area contributed by atoms with Gasteiger partial charge in [0.1, 0.15) is 0 Å². The van der Waals surface area contributed by atoms with Gasteiger partial charge in [-0.05, 0) is 13.0 Å². The van der Waals surface area contributed by atoms with Crippen molar-refractivity contribution in [3.05, 3.63) is 35.5 Å². The molecule has 5 nitrogen and oxygen atoms in total. The highest BCUT2D eigenvalue weighted by Crippen LogP contribution is 2.23. The van der Waals surface area contributed by atoms with Crippen LogP contribution in [0.2, 0.25) is 0 Å². The topological polar surface area (TPSA) is 56.4 Å². The summed E-state index contributed by atoms with van der Waals surface area (Å²) in [6.45, 7) is 5.92. The van der Waals surface area contributed by atoms with Crippen LogP contribution in [-0.2, 0) is 4.79 Å². The second-order valence-corrected chi connectivity index (χ2v) is 5.47. The predicted molar refractivity (Wildman–Crippen MR) is 81.2 cm³/mol. The SMILES string of the molecule is CC(=O)N1CCN(C(=O)c2c(C)[nH]c3ccccc23)CC1. The lowest BCUT2D eigenvalue weighted by molar-refractivity contribution is -0.130. The van der Waals surface area contributed by atoms with Crippen LogP contribution >= 0.6 is 0 Å². The first-order valence-corrected chi connectivity index (χ1v) is 7.20. The molecule has 1 saturated heterocycles. The van der Waals surface area contributed by atoms with Gasteiger partial charge < -0.3 is 14.8 Å². The number of nitrogens with zero attached hydrogens (tertiary/aromatic N) is 2. The number of hydrogen-bond donors (Lipinski definition) is 1. The van der Waals surface area contributed by atoms with Crippen LogP contribution in [0.3, 0.4) is 0 Å². The number of piperazine rings is 1. The fraction of sp³-hybridized carbons (Fsp3) is 0.375. The number of hydrogen-bond acceptors (Lipinski definition) is 2. The largest absolute Gasteiger partial charge is 0.358 e. The number of nitrogens with one attached hydrogen (secondary N) is 1. The van der Waals surface area contributed by atoms with Gasteiger partial charge in [-0.2, -0.15) is 0 Å². The van der Waals surface area contributed by atoms with E-state index >= 15 is 0 Å². The van der Waals surface area contributed by atoms with Crippen molar-refractivity contribution in [3.8, 4) is 0 Å². The van der Waals surface area contributed by atoms with Crippen molar-refractivity contribution >= 4 is 22.7 Å². The van der Waals surface area contributed by atoms with Crippen LogP contribution in [0.1, 0.15) is 23.0 Å². The van der Waals surface area contributed by atoms with Gasteiger partial charge in [-0.25, -0.2) is 0 Å². The van der Waals surface area contributed by atoms with Crippen LogP contribution in [0.4, 0.5) is 0 Å². The minimum atomic E-state index is 0.0492. The lowest BCUT2D eigenvalue weighted by atomic mass is 10.1. The first-order valence-electron chi connectivity index (χ1n) is 7.20. The van der Waals surface area contributed by atoms with Gasteiger partial charge in [0.15, 0.2) is 0 Å². The summed E-state index contributed by atoms with van der Waals surface area (Å²) in [6, 6.07) is 7.85. The van der Waals surface area contributed by atoms with Gasteiger partial charge in [0.2, 0.25) is 5.91 Å². The molecule has 0 aliphatic carbocycles. The van der Waals surface area contributed by atoms with Crippen LogP contribution in [0.25, 0.3) is 10.9 Å². The Balaban J connectivity index is 1.85. The van der Waals surface area contributed by atoms with E-state index in [2.05, 4.69) is 4.98 Å². The van der Waals surface area contributed by atoms with Crippen LogP contribution in [0, 0.1) is 6.92 Å². The molecule has 21 heavy (non-hydrogen) atoms. The van der Waals surface area contributed by atoms with Crippen LogP contribution < -0.4 is 0 Å². The molecular weight excluding hydrogens is 266 g/mol. The maximum Gasteiger partial charge on any atom is 0.256 e. The van der Waals surface area contributed by atoms with Gasteiger partial charge >= 0.3 is 0 Å². The number of carbonyl (C=O) groups excluding carboxylic acids is 2. The van der Waals surface area contributed by atoms with E-state index in [0.717, 1.165) is 22.2 Å². The molecule has 5 heteroatoms. The van der Waals surface area contributed by atoms with Crippen LogP contribution in [-0.4, -0.2) is 52.8 Å². The molecule has 1 aromatic carbocycles. The summed E-state index contributed by atoms with van der Waals surface area (Å²) < 4.78 is 0. The average molecular weight is 285 g/mol. The quantitative estimate of drug-likeness (QED) is 0.868. The molecule has 1 aliphatic rings. The first kappa shape index (κ1) is 13.7. The van der Waals surface area contributed by atoms with Crippen molar-refractivity contribution in [2.24, 2.45) is 0 Å². The third-order valence-electron chi connectivity index (χ3n) is 4.12. The van der Waals surface area contributed by atoms with Crippen molar-refractivity contribution < 1.29 is 9.59 Å². The van der Waals surface area contributed by atoms with Crippen LogP contribution in [0.5, 0.6) is 0 Å². The van der Waals surface area contributed by atoms with Crippen molar-refractivity contribution in [1.29, 1.82) is 0 Å². The maximum atomic E-state index is 12.8. The smallest absolute Gasteiger partial charge is 0.256 e. The van der Waals surface area contributed by atoms with E-state index in [0.29, 0.717) is 26.2 Å². The molecule has 0 bridgehead atoms. The molecule has 2 aromatic rings. The zero-order chi connectivity index (χ0) is 15.0. The maximum absolute atomic E-state index is 12.8. The lowest BCUT2D eigenvalue weighted by Crippen LogP contribution is -2.50. The highest BCUT2D eigenvalue weighted by atomic mass is 16.2. The van der Waals surface area contributed by atoms with Gasteiger partial charge in [0, 0.05) is 49.7 Å². The number of para-hydroxylation sites is 1. The fourth-order valence-corrected chi connectivity index (χ4v) is 2.93. The monoisotopic (exact) mass is 285 g/mol. The molecule has 1 aromatic heterocycles. The summed E-state index contributed by atoms with van der Waals surface area (Å²) in [5.74, 6) is 0.124. The highest BCUT2D eigenvalue weighted by Gasteiger charge is 2.26. The molecule has 0 atom stereocenters. The number of H-pyrrole nitrogens is 1. The van der Waals surface area contributed by atoms with E-state index in [4.69, 9.17) is 0 Å². The summed E-state index contributed by atoms with van der Waals surface area (Å²) in [7, 11) is 0. The third kappa shape index (κ3) is 2.39. The Kier molecular flexibility index (Phi) is 3.41. The predicted octanol–water partition coefficient (Wildman–Crippen LogP) is 1.78. The van der Waals surface area contributed by atoms with Gasteiger partial charge in [0.25, 0.3) is 5.91 Å². The van der Waals surface area contributed by atoms with E-state index < -0.39 is 0 Å². The van der Waals surface area contributed by atoms with E-state index in [1.165, 1.54) is 0 Å². The number of aromatic nitrogens is 1. The van der Waals surface area contributed by atoms with E-state index in [-0.39, 0.29) is 11.8 Å². The molecule has 3 rings (SSSR count). The van der Waals surface area contributed by atoms with E-state index in [9.17, 15) is 9.59 Å². The Bertz CT molecular complexity index is 697. The average Bonchev–Trinajstić information content (AvgIpc) is 2.82. The van der Waals surface area contributed by atoms with E-state index in [1.807, 2.05) is 36.1 Å². The Morgan fingerprint density at radius 2 is 1.67 bits per heavy atom. The number of benzene rings is 1. The molecule has 0 radical (unpaired) electrons. The molecular formula is C16H19N3O2. The Morgan fingerprint density at radius 3 is 2.33 bits per heavy atom. The zero-order valence-electron chi connectivity index (χ0n) is 12.3. The molecule has 0 spiro atoms. The Hall–Kier alpha value is -2.30. The second-order valence-electron chi connectivity index (χ2n) is 5.47. The number of aryl methyl sites for hydroxylation is 1. The Labute approximate surface area is 123 Å². The van der Waals surface area contributed by atoms with Crippen LogP contribution in [0.15, 0.2) is 24.3 Å². The van der Waals surface area contributed by atoms with Crippen molar-refractivity contribution in [1.82, 2.24) is 14.8 Å². The molecule has 1 N–H and O–H groups in total. The van der Waals surface area contributed by atoms with Gasteiger partial charge in [0.05, 0.1) is 5.56 Å². The van der Waals surface area contributed by atoms with Crippen molar-refractivity contribution in [2.75, 3.05) is 26.2 Å². The Morgan fingerprint density at radius 1 is 1.05 bits per heavy atom. The lowest BCUT2D eigenvalue weighted by Gasteiger charge is -2.34. The number of carbonyl (C=O) groups is 2. The molecule has 2 heterocycles. The second kappa shape index (κ2) is 5.24. The molecule has 0 saturated carbocycles.